The maximum absolute atomic E-state index is 12.5. The summed E-state index contributed by atoms with van der Waals surface area (Å²) in [5.74, 6) is -0.236. The highest BCUT2D eigenvalue weighted by atomic mass is 16.2. The van der Waals surface area contributed by atoms with E-state index in [4.69, 9.17) is 0 Å². The van der Waals surface area contributed by atoms with Crippen LogP contribution in [0.2, 0.25) is 0 Å². The number of amides is 2. The molecule has 5 nitrogen and oxygen atoms in total. The minimum absolute atomic E-state index is 0.00462. The number of aromatic nitrogens is 1. The number of rotatable bonds is 4. The first-order chi connectivity index (χ1) is 10.7. The van der Waals surface area contributed by atoms with E-state index in [1.54, 1.807) is 18.3 Å². The van der Waals surface area contributed by atoms with Crippen molar-refractivity contribution < 1.29 is 9.59 Å². The minimum Gasteiger partial charge on any atom is -0.357 e. The monoisotopic (exact) mass is 297 g/mol. The SMILES string of the molecule is O=C(NC1CCCN(Cc2ccccc2)C1=O)c1ccc[nH]1. The fourth-order valence-corrected chi connectivity index (χ4v) is 2.74. The number of aromatic amines is 1. The van der Waals surface area contributed by atoms with Crippen LogP contribution in [0.15, 0.2) is 48.7 Å². The fourth-order valence-electron chi connectivity index (χ4n) is 2.74. The van der Waals surface area contributed by atoms with E-state index in [0.717, 1.165) is 18.5 Å². The number of carbonyl (C=O) groups excluding carboxylic acids is 2. The molecule has 114 valence electrons. The third-order valence-electron chi connectivity index (χ3n) is 3.89. The number of piperidine rings is 1. The van der Waals surface area contributed by atoms with Gasteiger partial charge in [0.15, 0.2) is 0 Å². The van der Waals surface area contributed by atoms with Crippen molar-refractivity contribution in [1.82, 2.24) is 15.2 Å². The van der Waals surface area contributed by atoms with Gasteiger partial charge in [-0.05, 0) is 30.5 Å². The molecule has 2 aromatic rings. The van der Waals surface area contributed by atoms with Crippen molar-refractivity contribution in [2.24, 2.45) is 0 Å². The predicted octanol–water partition coefficient (Wildman–Crippen LogP) is 1.94. The maximum atomic E-state index is 12.5. The van der Waals surface area contributed by atoms with Crippen molar-refractivity contribution in [2.45, 2.75) is 25.4 Å². The summed E-state index contributed by atoms with van der Waals surface area (Å²) >= 11 is 0. The smallest absolute Gasteiger partial charge is 0.268 e. The normalized spacial score (nSPS) is 18.3. The van der Waals surface area contributed by atoms with Crippen LogP contribution in [-0.4, -0.2) is 34.3 Å². The zero-order valence-corrected chi connectivity index (χ0v) is 12.3. The van der Waals surface area contributed by atoms with Crippen molar-refractivity contribution in [3.05, 3.63) is 59.9 Å². The van der Waals surface area contributed by atoms with Crippen LogP contribution in [-0.2, 0) is 11.3 Å². The van der Waals surface area contributed by atoms with Gasteiger partial charge >= 0.3 is 0 Å². The van der Waals surface area contributed by atoms with Crippen molar-refractivity contribution in [3.8, 4) is 0 Å². The summed E-state index contributed by atoms with van der Waals surface area (Å²) in [6.07, 6.45) is 3.28. The Morgan fingerprint density at radius 2 is 2.05 bits per heavy atom. The Kier molecular flexibility index (Phi) is 4.23. The zero-order valence-electron chi connectivity index (χ0n) is 12.3. The first kappa shape index (κ1) is 14.4. The number of nitrogens with one attached hydrogen (secondary N) is 2. The molecule has 1 atom stereocenters. The van der Waals surface area contributed by atoms with E-state index >= 15 is 0 Å². The lowest BCUT2D eigenvalue weighted by molar-refractivity contribution is -0.136. The molecule has 0 spiro atoms. The molecule has 0 bridgehead atoms. The summed E-state index contributed by atoms with van der Waals surface area (Å²) in [6.45, 7) is 1.33. The average Bonchev–Trinajstić information content (AvgIpc) is 3.07. The van der Waals surface area contributed by atoms with E-state index in [1.165, 1.54) is 0 Å². The Morgan fingerprint density at radius 1 is 1.23 bits per heavy atom. The molecule has 2 amide bonds. The molecule has 1 aromatic heterocycles. The van der Waals surface area contributed by atoms with E-state index < -0.39 is 6.04 Å². The number of nitrogens with zero attached hydrogens (tertiary/aromatic N) is 1. The van der Waals surface area contributed by atoms with E-state index in [2.05, 4.69) is 10.3 Å². The Labute approximate surface area is 129 Å². The molecule has 2 N–H and O–H groups in total. The molecule has 1 unspecified atom stereocenters. The molecule has 1 aliphatic rings. The highest BCUT2D eigenvalue weighted by molar-refractivity contribution is 5.96. The Morgan fingerprint density at radius 3 is 2.77 bits per heavy atom. The first-order valence-electron chi connectivity index (χ1n) is 7.51. The molecule has 22 heavy (non-hydrogen) atoms. The quantitative estimate of drug-likeness (QED) is 0.905. The second kappa shape index (κ2) is 6.47. The van der Waals surface area contributed by atoms with Crippen LogP contribution in [0.3, 0.4) is 0 Å². The van der Waals surface area contributed by atoms with Gasteiger partial charge in [0.2, 0.25) is 5.91 Å². The molecular weight excluding hydrogens is 278 g/mol. The molecule has 0 aliphatic carbocycles. The zero-order chi connectivity index (χ0) is 15.4. The molecule has 5 heteroatoms. The average molecular weight is 297 g/mol. The molecule has 0 saturated carbocycles. The molecule has 0 radical (unpaired) electrons. The second-order valence-corrected chi connectivity index (χ2v) is 5.50. The number of carbonyl (C=O) groups is 2. The summed E-state index contributed by atoms with van der Waals surface area (Å²) in [4.78, 5) is 29.3. The van der Waals surface area contributed by atoms with Crippen LogP contribution >= 0.6 is 0 Å². The molecule has 3 rings (SSSR count). The van der Waals surface area contributed by atoms with Crippen molar-refractivity contribution in [3.63, 3.8) is 0 Å². The highest BCUT2D eigenvalue weighted by Crippen LogP contribution is 2.15. The van der Waals surface area contributed by atoms with Gasteiger partial charge in [0, 0.05) is 19.3 Å². The first-order valence-corrected chi connectivity index (χ1v) is 7.51. The topological polar surface area (TPSA) is 65.2 Å². The molecular formula is C17H19N3O2. The van der Waals surface area contributed by atoms with Gasteiger partial charge in [-0.25, -0.2) is 0 Å². The van der Waals surface area contributed by atoms with Crippen LogP contribution in [0.25, 0.3) is 0 Å². The van der Waals surface area contributed by atoms with Crippen LogP contribution in [0.5, 0.6) is 0 Å². The third-order valence-corrected chi connectivity index (χ3v) is 3.89. The van der Waals surface area contributed by atoms with Gasteiger partial charge in [0.25, 0.3) is 5.91 Å². The van der Waals surface area contributed by atoms with Gasteiger partial charge < -0.3 is 15.2 Å². The lowest BCUT2D eigenvalue weighted by Crippen LogP contribution is -2.51. The largest absolute Gasteiger partial charge is 0.357 e. The number of hydrogen-bond donors (Lipinski definition) is 2. The molecule has 1 aliphatic heterocycles. The van der Waals surface area contributed by atoms with E-state index in [1.807, 2.05) is 35.2 Å². The summed E-state index contributed by atoms with van der Waals surface area (Å²) in [5.41, 5.74) is 1.58. The van der Waals surface area contributed by atoms with Gasteiger partial charge in [-0.15, -0.1) is 0 Å². The van der Waals surface area contributed by atoms with E-state index in [-0.39, 0.29) is 11.8 Å². The Bertz CT molecular complexity index is 637. The number of benzene rings is 1. The van der Waals surface area contributed by atoms with Crippen LogP contribution in [0.1, 0.15) is 28.9 Å². The van der Waals surface area contributed by atoms with Crippen LogP contribution in [0, 0.1) is 0 Å². The summed E-state index contributed by atoms with van der Waals surface area (Å²) < 4.78 is 0. The van der Waals surface area contributed by atoms with E-state index in [9.17, 15) is 9.59 Å². The number of likely N-dealkylation sites (tertiary alicyclic amines) is 1. The van der Waals surface area contributed by atoms with Crippen molar-refractivity contribution >= 4 is 11.8 Å². The lowest BCUT2D eigenvalue weighted by atomic mass is 10.0. The summed E-state index contributed by atoms with van der Waals surface area (Å²) in [5, 5.41) is 2.83. The predicted molar refractivity (Wildman–Crippen MR) is 83.1 cm³/mol. The van der Waals surface area contributed by atoms with Gasteiger partial charge in [0.1, 0.15) is 11.7 Å². The van der Waals surface area contributed by atoms with Gasteiger partial charge in [0.05, 0.1) is 0 Å². The van der Waals surface area contributed by atoms with Crippen LogP contribution < -0.4 is 5.32 Å². The van der Waals surface area contributed by atoms with E-state index in [0.29, 0.717) is 18.7 Å². The molecule has 2 heterocycles. The van der Waals surface area contributed by atoms with Gasteiger partial charge in [-0.1, -0.05) is 30.3 Å². The van der Waals surface area contributed by atoms with Crippen LogP contribution in [0.4, 0.5) is 0 Å². The fraction of sp³-hybridized carbons (Fsp3) is 0.294. The molecule has 1 saturated heterocycles. The second-order valence-electron chi connectivity index (χ2n) is 5.50. The molecule has 1 aromatic carbocycles. The molecule has 1 fully saturated rings. The standard InChI is InChI=1S/C17H19N3O2/c21-16(14-8-4-10-18-14)19-15-9-5-11-20(17(15)22)12-13-6-2-1-3-7-13/h1-4,6-8,10,15,18H,5,9,11-12H2,(H,19,21). The minimum atomic E-state index is -0.437. The van der Waals surface area contributed by atoms with Crippen molar-refractivity contribution in [2.75, 3.05) is 6.54 Å². The summed E-state index contributed by atoms with van der Waals surface area (Å²) in [6, 6.07) is 12.9. The van der Waals surface area contributed by atoms with Crippen molar-refractivity contribution in [1.29, 1.82) is 0 Å². The van der Waals surface area contributed by atoms with Gasteiger partial charge in [-0.3, -0.25) is 9.59 Å². The lowest BCUT2D eigenvalue weighted by Gasteiger charge is -2.32. The maximum Gasteiger partial charge on any atom is 0.268 e. The Hall–Kier alpha value is -2.56. The number of H-pyrrole nitrogens is 1. The summed E-state index contributed by atoms with van der Waals surface area (Å²) in [7, 11) is 0. The number of hydrogen-bond acceptors (Lipinski definition) is 2. The third kappa shape index (κ3) is 3.19. The highest BCUT2D eigenvalue weighted by Gasteiger charge is 2.30. The Balaban J connectivity index is 1.64. The van der Waals surface area contributed by atoms with Gasteiger partial charge in [-0.2, -0.15) is 0 Å².